The number of carbonyl (C=O) groups excluding carboxylic acids is 1. The summed E-state index contributed by atoms with van der Waals surface area (Å²) >= 11 is 0. The maximum atomic E-state index is 12.1. The van der Waals surface area contributed by atoms with E-state index in [0.29, 0.717) is 29.8 Å². The van der Waals surface area contributed by atoms with Gasteiger partial charge in [0, 0.05) is 11.7 Å². The molecule has 1 fully saturated rings. The summed E-state index contributed by atoms with van der Waals surface area (Å²) in [5, 5.41) is 11.7. The van der Waals surface area contributed by atoms with Crippen molar-refractivity contribution in [2.45, 2.75) is 38.6 Å². The Hall–Kier alpha value is -1.86. The SMILES string of the molecule is CC1CCCCC1N(C)CC(=O)Nc1cccc(C#N)c1. The lowest BCUT2D eigenvalue weighted by atomic mass is 9.85. The van der Waals surface area contributed by atoms with E-state index in [4.69, 9.17) is 5.26 Å². The van der Waals surface area contributed by atoms with Gasteiger partial charge in [-0.3, -0.25) is 9.69 Å². The van der Waals surface area contributed by atoms with Crippen molar-refractivity contribution in [3.05, 3.63) is 29.8 Å². The van der Waals surface area contributed by atoms with Gasteiger partial charge in [0.15, 0.2) is 0 Å². The van der Waals surface area contributed by atoms with E-state index in [1.54, 1.807) is 18.2 Å². The predicted octanol–water partition coefficient (Wildman–Crippen LogP) is 3.01. The lowest BCUT2D eigenvalue weighted by Gasteiger charge is -2.35. The first-order valence-corrected chi connectivity index (χ1v) is 7.60. The summed E-state index contributed by atoms with van der Waals surface area (Å²) in [6.07, 6.45) is 4.99. The van der Waals surface area contributed by atoms with Gasteiger partial charge >= 0.3 is 0 Å². The van der Waals surface area contributed by atoms with Crippen molar-refractivity contribution in [1.29, 1.82) is 5.26 Å². The van der Waals surface area contributed by atoms with Crippen LogP contribution in [-0.4, -0.2) is 30.4 Å². The summed E-state index contributed by atoms with van der Waals surface area (Å²) in [5.41, 5.74) is 1.24. The maximum Gasteiger partial charge on any atom is 0.238 e. The molecule has 0 spiro atoms. The highest BCUT2D eigenvalue weighted by molar-refractivity contribution is 5.92. The second-order valence-corrected chi connectivity index (χ2v) is 5.98. The molecule has 21 heavy (non-hydrogen) atoms. The molecule has 2 rings (SSSR count). The molecule has 1 N–H and O–H groups in total. The minimum atomic E-state index is -0.0228. The van der Waals surface area contributed by atoms with Crippen LogP contribution in [0.2, 0.25) is 0 Å². The van der Waals surface area contributed by atoms with Crippen LogP contribution in [0, 0.1) is 17.2 Å². The van der Waals surface area contributed by atoms with Crippen LogP contribution in [0.5, 0.6) is 0 Å². The third-order valence-corrected chi connectivity index (χ3v) is 4.30. The van der Waals surface area contributed by atoms with Crippen molar-refractivity contribution in [2.75, 3.05) is 18.9 Å². The van der Waals surface area contributed by atoms with Gasteiger partial charge in [0.1, 0.15) is 0 Å². The number of hydrogen-bond donors (Lipinski definition) is 1. The molecular formula is C17H23N3O. The second kappa shape index (κ2) is 7.24. The highest BCUT2D eigenvalue weighted by atomic mass is 16.2. The van der Waals surface area contributed by atoms with Crippen LogP contribution < -0.4 is 5.32 Å². The Labute approximate surface area is 126 Å². The van der Waals surface area contributed by atoms with Crippen molar-refractivity contribution in [2.24, 2.45) is 5.92 Å². The van der Waals surface area contributed by atoms with E-state index >= 15 is 0 Å². The lowest BCUT2D eigenvalue weighted by molar-refractivity contribution is -0.117. The molecule has 1 aliphatic carbocycles. The van der Waals surface area contributed by atoms with Crippen molar-refractivity contribution in [3.8, 4) is 6.07 Å². The molecule has 4 heteroatoms. The minimum Gasteiger partial charge on any atom is -0.325 e. The molecule has 0 radical (unpaired) electrons. The molecule has 2 unspecified atom stereocenters. The summed E-state index contributed by atoms with van der Waals surface area (Å²) in [6, 6.07) is 9.58. The first kappa shape index (κ1) is 15.5. The summed E-state index contributed by atoms with van der Waals surface area (Å²) < 4.78 is 0. The highest BCUT2D eigenvalue weighted by Crippen LogP contribution is 2.27. The number of nitriles is 1. The number of amides is 1. The van der Waals surface area contributed by atoms with Gasteiger partial charge in [0.2, 0.25) is 5.91 Å². The lowest BCUT2D eigenvalue weighted by Crippen LogP contribution is -2.42. The summed E-state index contributed by atoms with van der Waals surface area (Å²) in [7, 11) is 2.03. The number of anilines is 1. The normalized spacial score (nSPS) is 21.8. The smallest absolute Gasteiger partial charge is 0.238 e. The molecule has 1 saturated carbocycles. The Morgan fingerprint density at radius 1 is 1.43 bits per heavy atom. The Bertz CT molecular complexity index is 535. The Kier molecular flexibility index (Phi) is 5.35. The number of likely N-dealkylation sites (N-methyl/N-ethyl adjacent to an activating group) is 1. The van der Waals surface area contributed by atoms with Gasteiger partial charge < -0.3 is 5.32 Å². The van der Waals surface area contributed by atoms with Gasteiger partial charge in [-0.15, -0.1) is 0 Å². The molecule has 0 aromatic heterocycles. The molecule has 0 aliphatic heterocycles. The molecule has 0 saturated heterocycles. The molecule has 1 aliphatic rings. The molecule has 4 nitrogen and oxygen atoms in total. The van der Waals surface area contributed by atoms with Crippen molar-refractivity contribution in [1.82, 2.24) is 4.90 Å². The van der Waals surface area contributed by atoms with Crippen LogP contribution in [-0.2, 0) is 4.79 Å². The minimum absolute atomic E-state index is 0.0228. The molecule has 2 atom stereocenters. The molecule has 0 heterocycles. The van der Waals surface area contributed by atoms with E-state index in [0.717, 1.165) is 0 Å². The zero-order valence-corrected chi connectivity index (χ0v) is 12.8. The largest absolute Gasteiger partial charge is 0.325 e. The number of nitrogens with one attached hydrogen (secondary N) is 1. The van der Waals surface area contributed by atoms with E-state index < -0.39 is 0 Å². The van der Waals surface area contributed by atoms with Crippen LogP contribution in [0.4, 0.5) is 5.69 Å². The summed E-state index contributed by atoms with van der Waals surface area (Å²) in [4.78, 5) is 14.3. The number of benzene rings is 1. The number of nitrogens with zero attached hydrogens (tertiary/aromatic N) is 2. The fraction of sp³-hybridized carbons (Fsp3) is 0.529. The molecule has 1 amide bonds. The summed E-state index contributed by atoms with van der Waals surface area (Å²) in [5.74, 6) is 0.629. The van der Waals surface area contributed by atoms with Crippen LogP contribution >= 0.6 is 0 Å². The van der Waals surface area contributed by atoms with E-state index in [1.807, 2.05) is 13.1 Å². The molecule has 1 aromatic carbocycles. The van der Waals surface area contributed by atoms with Crippen LogP contribution in [0.15, 0.2) is 24.3 Å². The van der Waals surface area contributed by atoms with Crippen molar-refractivity contribution < 1.29 is 4.79 Å². The quantitative estimate of drug-likeness (QED) is 0.925. The standard InChI is InChI=1S/C17H23N3O/c1-13-6-3-4-9-16(13)20(2)12-17(21)19-15-8-5-7-14(10-15)11-18/h5,7-8,10,13,16H,3-4,6,9,12H2,1-2H3,(H,19,21). The number of rotatable bonds is 4. The first-order valence-electron chi connectivity index (χ1n) is 7.60. The number of hydrogen-bond acceptors (Lipinski definition) is 3. The van der Waals surface area contributed by atoms with Gasteiger partial charge in [0.05, 0.1) is 18.2 Å². The average molecular weight is 285 g/mol. The molecule has 0 bridgehead atoms. The Morgan fingerprint density at radius 3 is 2.90 bits per heavy atom. The van der Waals surface area contributed by atoms with Gasteiger partial charge in [-0.2, -0.15) is 5.26 Å². The first-order chi connectivity index (χ1) is 10.1. The van der Waals surface area contributed by atoms with E-state index in [9.17, 15) is 4.79 Å². The zero-order chi connectivity index (χ0) is 15.2. The van der Waals surface area contributed by atoms with Crippen LogP contribution in [0.3, 0.4) is 0 Å². The second-order valence-electron chi connectivity index (χ2n) is 5.98. The molecule has 112 valence electrons. The Morgan fingerprint density at radius 2 is 2.19 bits per heavy atom. The fourth-order valence-electron chi connectivity index (χ4n) is 3.16. The van der Waals surface area contributed by atoms with E-state index in [-0.39, 0.29) is 5.91 Å². The summed E-state index contributed by atoms with van der Waals surface area (Å²) in [6.45, 7) is 2.67. The Balaban J connectivity index is 1.90. The molecular weight excluding hydrogens is 262 g/mol. The van der Waals surface area contributed by atoms with Crippen LogP contribution in [0.25, 0.3) is 0 Å². The predicted molar refractivity (Wildman–Crippen MR) is 83.8 cm³/mol. The third kappa shape index (κ3) is 4.30. The van der Waals surface area contributed by atoms with E-state index in [2.05, 4.69) is 23.2 Å². The maximum absolute atomic E-state index is 12.1. The van der Waals surface area contributed by atoms with Gasteiger partial charge in [-0.05, 0) is 44.0 Å². The van der Waals surface area contributed by atoms with Gasteiger partial charge in [-0.1, -0.05) is 25.8 Å². The van der Waals surface area contributed by atoms with Gasteiger partial charge in [-0.25, -0.2) is 0 Å². The van der Waals surface area contributed by atoms with E-state index in [1.165, 1.54) is 25.7 Å². The zero-order valence-electron chi connectivity index (χ0n) is 12.8. The van der Waals surface area contributed by atoms with Crippen LogP contribution in [0.1, 0.15) is 38.2 Å². The fourth-order valence-corrected chi connectivity index (χ4v) is 3.16. The monoisotopic (exact) mass is 285 g/mol. The third-order valence-electron chi connectivity index (χ3n) is 4.30. The van der Waals surface area contributed by atoms with Crippen molar-refractivity contribution in [3.63, 3.8) is 0 Å². The average Bonchev–Trinajstić information content (AvgIpc) is 2.47. The number of carbonyl (C=O) groups is 1. The van der Waals surface area contributed by atoms with Crippen molar-refractivity contribution >= 4 is 11.6 Å². The van der Waals surface area contributed by atoms with Gasteiger partial charge in [0.25, 0.3) is 0 Å². The highest BCUT2D eigenvalue weighted by Gasteiger charge is 2.25. The molecule has 1 aromatic rings. The topological polar surface area (TPSA) is 56.1 Å².